The topological polar surface area (TPSA) is 83.8 Å². The Kier molecular flexibility index (Phi) is 8.42. The van der Waals surface area contributed by atoms with Gasteiger partial charge in [0.05, 0.1) is 11.1 Å². The van der Waals surface area contributed by atoms with E-state index in [4.69, 9.17) is 14.9 Å². The predicted octanol–water partition coefficient (Wildman–Crippen LogP) is 6.58. The molecule has 0 unspecified atom stereocenters. The van der Waals surface area contributed by atoms with E-state index in [9.17, 15) is 9.59 Å². The Hall–Kier alpha value is -4.82. The summed E-state index contributed by atoms with van der Waals surface area (Å²) in [7, 11) is 0. The lowest BCUT2D eigenvalue weighted by molar-refractivity contribution is 0.0685. The van der Waals surface area contributed by atoms with Gasteiger partial charge in [0.15, 0.2) is 0 Å². The highest BCUT2D eigenvalue weighted by atomic mass is 16.5. The number of para-hydroxylation sites is 1. The molecule has 0 radical (unpaired) electrons. The van der Waals surface area contributed by atoms with Crippen LogP contribution in [-0.2, 0) is 0 Å². The van der Waals surface area contributed by atoms with Crippen LogP contribution in [0.2, 0.25) is 0 Å². The SMILES string of the molecule is Cc1cc(C#Cc2ccccc2)ccc1C(=O)O.Cc1ccc(Oc2ccccc2)cc1C(=O)O. The second kappa shape index (κ2) is 11.9. The molecular formula is C30H24O5. The van der Waals surface area contributed by atoms with Crippen LogP contribution in [0.3, 0.4) is 0 Å². The highest BCUT2D eigenvalue weighted by molar-refractivity contribution is 5.90. The third-order valence-electron chi connectivity index (χ3n) is 5.00. The molecule has 0 bridgehead atoms. The molecule has 0 aliphatic carbocycles. The second-order valence-electron chi connectivity index (χ2n) is 7.65. The lowest BCUT2D eigenvalue weighted by atomic mass is 10.1. The summed E-state index contributed by atoms with van der Waals surface area (Å²) in [6, 6.07) is 29.1. The lowest BCUT2D eigenvalue weighted by Gasteiger charge is -2.07. The van der Waals surface area contributed by atoms with Crippen molar-refractivity contribution in [3.05, 3.63) is 130 Å². The van der Waals surface area contributed by atoms with Crippen molar-refractivity contribution in [1.29, 1.82) is 0 Å². The monoisotopic (exact) mass is 464 g/mol. The Bertz CT molecular complexity index is 1380. The summed E-state index contributed by atoms with van der Waals surface area (Å²) >= 11 is 0. The molecule has 0 fully saturated rings. The summed E-state index contributed by atoms with van der Waals surface area (Å²) in [5.74, 6) is 5.43. The predicted molar refractivity (Wildman–Crippen MR) is 135 cm³/mol. The molecule has 5 nitrogen and oxygen atoms in total. The van der Waals surface area contributed by atoms with Crippen molar-refractivity contribution in [2.45, 2.75) is 13.8 Å². The fraction of sp³-hybridized carbons (Fsp3) is 0.0667. The third-order valence-corrected chi connectivity index (χ3v) is 5.00. The van der Waals surface area contributed by atoms with Crippen LogP contribution >= 0.6 is 0 Å². The molecule has 0 saturated carbocycles. The van der Waals surface area contributed by atoms with Crippen LogP contribution in [-0.4, -0.2) is 22.2 Å². The smallest absolute Gasteiger partial charge is 0.336 e. The second-order valence-corrected chi connectivity index (χ2v) is 7.65. The van der Waals surface area contributed by atoms with Crippen molar-refractivity contribution in [2.24, 2.45) is 0 Å². The molecule has 0 aromatic heterocycles. The van der Waals surface area contributed by atoms with Gasteiger partial charge in [-0.3, -0.25) is 0 Å². The summed E-state index contributed by atoms with van der Waals surface area (Å²) in [6.45, 7) is 3.53. The summed E-state index contributed by atoms with van der Waals surface area (Å²) in [6.07, 6.45) is 0. The van der Waals surface area contributed by atoms with Crippen LogP contribution in [0.5, 0.6) is 11.5 Å². The fourth-order valence-electron chi connectivity index (χ4n) is 3.17. The fourth-order valence-corrected chi connectivity index (χ4v) is 3.17. The van der Waals surface area contributed by atoms with Crippen LogP contribution in [0.4, 0.5) is 0 Å². The van der Waals surface area contributed by atoms with Gasteiger partial charge in [0.25, 0.3) is 0 Å². The van der Waals surface area contributed by atoms with Gasteiger partial charge < -0.3 is 14.9 Å². The average Bonchev–Trinajstić information content (AvgIpc) is 2.85. The number of hydrogen-bond acceptors (Lipinski definition) is 3. The standard InChI is InChI=1S/C16H12O2.C14H12O3/c1-12-11-14(9-10-15(12)16(17)18)8-7-13-5-3-2-4-6-13;1-10-7-8-12(9-13(10)14(15)16)17-11-5-3-2-4-6-11/h2-6,9-11H,1H3,(H,17,18);2-9H,1H3,(H,15,16). The highest BCUT2D eigenvalue weighted by Crippen LogP contribution is 2.23. The summed E-state index contributed by atoms with van der Waals surface area (Å²) in [4.78, 5) is 21.8. The first kappa shape index (κ1) is 24.8. The number of aromatic carboxylic acids is 2. The van der Waals surface area contributed by atoms with E-state index in [-0.39, 0.29) is 5.56 Å². The minimum Gasteiger partial charge on any atom is -0.478 e. The van der Waals surface area contributed by atoms with Crippen LogP contribution < -0.4 is 4.74 Å². The number of rotatable bonds is 4. The summed E-state index contributed by atoms with van der Waals surface area (Å²) in [5.41, 5.74) is 3.79. The number of carbonyl (C=O) groups is 2. The zero-order chi connectivity index (χ0) is 25.2. The van der Waals surface area contributed by atoms with E-state index < -0.39 is 11.9 Å². The molecule has 4 rings (SSSR count). The van der Waals surface area contributed by atoms with E-state index in [1.54, 1.807) is 44.2 Å². The molecule has 4 aromatic carbocycles. The third kappa shape index (κ3) is 7.34. The van der Waals surface area contributed by atoms with E-state index in [2.05, 4.69) is 11.8 Å². The van der Waals surface area contributed by atoms with Gasteiger partial charge in [-0.2, -0.15) is 0 Å². The maximum Gasteiger partial charge on any atom is 0.336 e. The van der Waals surface area contributed by atoms with Crippen LogP contribution in [0.25, 0.3) is 0 Å². The number of carboxylic acids is 2. The van der Waals surface area contributed by atoms with Crippen LogP contribution in [0.1, 0.15) is 43.0 Å². The Morgan fingerprint density at radius 1 is 0.600 bits per heavy atom. The van der Waals surface area contributed by atoms with Gasteiger partial charge in [0, 0.05) is 11.1 Å². The first-order valence-corrected chi connectivity index (χ1v) is 10.8. The van der Waals surface area contributed by atoms with Gasteiger partial charge in [0.2, 0.25) is 0 Å². The molecule has 35 heavy (non-hydrogen) atoms. The average molecular weight is 465 g/mol. The van der Waals surface area contributed by atoms with Crippen LogP contribution in [0, 0.1) is 25.7 Å². The van der Waals surface area contributed by atoms with E-state index in [0.29, 0.717) is 17.1 Å². The molecule has 0 aliphatic rings. The number of carboxylic acid groups (broad SMARTS) is 2. The number of aryl methyl sites for hydroxylation is 2. The number of hydrogen-bond donors (Lipinski definition) is 2. The minimum absolute atomic E-state index is 0.262. The summed E-state index contributed by atoms with van der Waals surface area (Å²) < 4.78 is 5.56. The molecule has 0 amide bonds. The molecular weight excluding hydrogens is 440 g/mol. The van der Waals surface area contributed by atoms with E-state index in [1.807, 2.05) is 60.7 Å². The molecule has 174 valence electrons. The Morgan fingerprint density at radius 2 is 1.20 bits per heavy atom. The quantitative estimate of drug-likeness (QED) is 0.333. The zero-order valence-corrected chi connectivity index (χ0v) is 19.4. The Balaban J connectivity index is 0.000000196. The molecule has 4 aromatic rings. The van der Waals surface area contributed by atoms with Gasteiger partial charge in [0.1, 0.15) is 11.5 Å². The van der Waals surface area contributed by atoms with Crippen molar-refractivity contribution < 1.29 is 24.5 Å². The molecule has 0 spiro atoms. The van der Waals surface area contributed by atoms with Gasteiger partial charge in [-0.05, 0) is 79.6 Å². The molecule has 0 aliphatic heterocycles. The maximum atomic E-state index is 11.0. The normalized spacial score (nSPS) is 9.66. The van der Waals surface area contributed by atoms with Gasteiger partial charge in [-0.1, -0.05) is 54.3 Å². The van der Waals surface area contributed by atoms with Crippen molar-refractivity contribution in [3.63, 3.8) is 0 Å². The van der Waals surface area contributed by atoms with Crippen molar-refractivity contribution in [3.8, 4) is 23.3 Å². The maximum absolute atomic E-state index is 11.0. The molecule has 0 heterocycles. The van der Waals surface area contributed by atoms with Crippen molar-refractivity contribution >= 4 is 11.9 Å². The van der Waals surface area contributed by atoms with Gasteiger partial charge in [-0.15, -0.1) is 0 Å². The molecule has 0 atom stereocenters. The largest absolute Gasteiger partial charge is 0.478 e. The zero-order valence-electron chi connectivity index (χ0n) is 19.4. The van der Waals surface area contributed by atoms with E-state index >= 15 is 0 Å². The molecule has 0 saturated heterocycles. The molecule has 5 heteroatoms. The van der Waals surface area contributed by atoms with E-state index in [0.717, 1.165) is 22.3 Å². The number of ether oxygens (including phenoxy) is 1. The first-order valence-electron chi connectivity index (χ1n) is 10.8. The summed E-state index contributed by atoms with van der Waals surface area (Å²) in [5, 5.41) is 17.9. The van der Waals surface area contributed by atoms with E-state index in [1.165, 1.54) is 6.07 Å². The first-order chi connectivity index (χ1) is 16.8. The van der Waals surface area contributed by atoms with Gasteiger partial charge >= 0.3 is 11.9 Å². The Morgan fingerprint density at radius 3 is 1.80 bits per heavy atom. The highest BCUT2D eigenvalue weighted by Gasteiger charge is 2.09. The van der Waals surface area contributed by atoms with Crippen molar-refractivity contribution in [1.82, 2.24) is 0 Å². The minimum atomic E-state index is -0.944. The number of benzene rings is 4. The van der Waals surface area contributed by atoms with Crippen molar-refractivity contribution in [2.75, 3.05) is 0 Å². The Labute approximate surface area is 204 Å². The molecule has 2 N–H and O–H groups in total. The lowest BCUT2D eigenvalue weighted by Crippen LogP contribution is -1.99. The van der Waals surface area contributed by atoms with Gasteiger partial charge in [-0.25, -0.2) is 9.59 Å². The van der Waals surface area contributed by atoms with Crippen LogP contribution in [0.15, 0.2) is 97.1 Å².